The molecule has 19 heavy (non-hydrogen) atoms. The summed E-state index contributed by atoms with van der Waals surface area (Å²) >= 11 is -0.305. The molecule has 0 atom stereocenters. The summed E-state index contributed by atoms with van der Waals surface area (Å²) in [5, 5.41) is 15.6. The normalized spacial score (nSPS) is 17.1. The van der Waals surface area contributed by atoms with Crippen molar-refractivity contribution in [2.24, 2.45) is 8.02 Å². The molecule has 1 aromatic carbocycles. The summed E-state index contributed by atoms with van der Waals surface area (Å²) in [4.78, 5) is 10.9. The van der Waals surface area contributed by atoms with Crippen molar-refractivity contribution in [1.29, 1.82) is 0 Å². The zero-order valence-corrected chi connectivity index (χ0v) is 14.8. The molecule has 0 saturated heterocycles. The van der Waals surface area contributed by atoms with Gasteiger partial charge < -0.3 is 0 Å². The molecule has 0 unspecified atom stereocenters. The molecule has 0 radical (unpaired) electrons. The zero-order valence-electron chi connectivity index (χ0n) is 10.9. The molecule has 6 nitrogen and oxygen atoms in total. The summed E-state index contributed by atoms with van der Waals surface area (Å²) in [6.45, 7) is 2.89. The fourth-order valence-electron chi connectivity index (χ4n) is 1.83. The van der Waals surface area contributed by atoms with Crippen molar-refractivity contribution in [1.82, 2.24) is 0 Å². The van der Waals surface area contributed by atoms with Gasteiger partial charge in [-0.2, -0.15) is 0 Å². The molecule has 0 aliphatic carbocycles. The number of hydrogen-bond acceptors (Lipinski definition) is 5. The van der Waals surface area contributed by atoms with Crippen molar-refractivity contribution < 1.29 is 4.92 Å². The van der Waals surface area contributed by atoms with Crippen LogP contribution in [0, 0.1) is 13.7 Å². The van der Waals surface area contributed by atoms with E-state index in [9.17, 15) is 10.1 Å². The Morgan fingerprint density at radius 3 is 2.63 bits per heavy atom. The number of anilines is 1. The fraction of sp³-hybridized carbons (Fsp3) is 0.455. The second-order valence-electron chi connectivity index (χ2n) is 4.54. The van der Waals surface area contributed by atoms with E-state index in [1.165, 1.54) is 0 Å². The van der Waals surface area contributed by atoms with E-state index in [0.29, 0.717) is 14.3 Å². The maximum absolute atomic E-state index is 11.2. The first-order valence-electron chi connectivity index (χ1n) is 5.79. The van der Waals surface area contributed by atoms with Crippen LogP contribution in [0.4, 0.5) is 11.4 Å². The van der Waals surface area contributed by atoms with E-state index in [-0.39, 0.29) is 10.6 Å². The van der Waals surface area contributed by atoms with Crippen LogP contribution in [0.2, 0.25) is 11.6 Å². The van der Waals surface area contributed by atoms with Crippen molar-refractivity contribution >= 4 is 47.2 Å². The third-order valence-corrected chi connectivity index (χ3v) is 6.04. The molecule has 0 spiro atoms. The van der Waals surface area contributed by atoms with Gasteiger partial charge in [-0.15, -0.1) is 0 Å². The van der Waals surface area contributed by atoms with Crippen LogP contribution < -0.4 is 16.0 Å². The monoisotopic (exact) mass is 442 g/mol. The number of nitrogens with one attached hydrogen (secondary N) is 1. The molecule has 0 saturated carbocycles. The van der Waals surface area contributed by atoms with E-state index in [2.05, 4.69) is 20.3 Å². The van der Waals surface area contributed by atoms with Crippen molar-refractivity contribution in [2.75, 3.05) is 11.9 Å². The van der Waals surface area contributed by atoms with Gasteiger partial charge in [0.05, 0.1) is 0 Å². The maximum atomic E-state index is 11.2. The molecule has 8 heteroatoms. The summed E-state index contributed by atoms with van der Waals surface area (Å²) < 4.78 is 9.78. The van der Waals surface area contributed by atoms with Crippen molar-refractivity contribution in [3.05, 3.63) is 30.5 Å². The Balaban J connectivity index is 2.74. The van der Waals surface area contributed by atoms with Crippen LogP contribution in [-0.4, -0.2) is 24.7 Å². The summed E-state index contributed by atoms with van der Waals surface area (Å²) in [5.74, 6) is 3.99. The van der Waals surface area contributed by atoms with Gasteiger partial charge in [-0.05, 0) is 0 Å². The van der Waals surface area contributed by atoms with Gasteiger partial charge in [0.15, 0.2) is 0 Å². The average molecular weight is 441 g/mol. The van der Waals surface area contributed by atoms with Gasteiger partial charge in [0.2, 0.25) is 0 Å². The Morgan fingerprint density at radius 2 is 2.05 bits per heavy atom. The van der Waals surface area contributed by atoms with E-state index in [1.54, 1.807) is 6.07 Å². The second kappa shape index (κ2) is 5.34. The predicted octanol–water partition coefficient (Wildman–Crippen LogP) is 1.98. The number of halogens is 1. The number of nitrogens with zero attached hydrogens (tertiary/aromatic N) is 3. The SMILES string of the molecule is CCCNc1cc(I)c([N+](=O)[O-])c2c1=N[Se](C)(C)N=2. The average Bonchev–Trinajstić information content (AvgIpc) is 2.60. The van der Waals surface area contributed by atoms with E-state index in [1.807, 2.05) is 34.2 Å². The number of fused-ring (bicyclic) bond motifs is 1. The number of nitro benzene ring substituents is 1. The first-order valence-corrected chi connectivity index (χ1v) is 11.8. The Kier molecular flexibility index (Phi) is 4.12. The molecule has 0 amide bonds. The molecule has 104 valence electrons. The van der Waals surface area contributed by atoms with Crippen LogP contribution in [0.5, 0.6) is 0 Å². The third-order valence-electron chi connectivity index (χ3n) is 2.58. The number of benzene rings is 1. The second-order valence-corrected chi connectivity index (χ2v) is 11.6. The van der Waals surface area contributed by atoms with Crippen LogP contribution >= 0.6 is 22.6 Å². The van der Waals surface area contributed by atoms with Crippen molar-refractivity contribution in [3.8, 4) is 0 Å². The Hall–Kier alpha value is -0.731. The molecule has 0 fully saturated rings. The molecule has 1 aliphatic heterocycles. The number of nitro groups is 1. The van der Waals surface area contributed by atoms with Gasteiger partial charge in [-0.1, -0.05) is 0 Å². The van der Waals surface area contributed by atoms with E-state index in [0.717, 1.165) is 18.7 Å². The first kappa shape index (κ1) is 14.7. The summed E-state index contributed by atoms with van der Waals surface area (Å²) in [7, 11) is 0. The molecule has 0 aromatic heterocycles. The quantitative estimate of drug-likeness (QED) is 0.336. The standard InChI is InChI=1S/C11H15IN4O2Se/c1-4-5-13-8-6-7(12)11(16(17)18)10-9(8)14-19(2,3)15-10/h6,13H,4-5H2,1-3H3. The summed E-state index contributed by atoms with van der Waals surface area (Å²) in [6.07, 6.45) is 0.988. The van der Waals surface area contributed by atoms with Crippen molar-refractivity contribution in [2.45, 2.75) is 25.0 Å². The molecular weight excluding hydrogens is 426 g/mol. The van der Waals surface area contributed by atoms with Crippen LogP contribution in [0.25, 0.3) is 0 Å². The van der Waals surface area contributed by atoms with Gasteiger partial charge in [-0.3, -0.25) is 0 Å². The molecular formula is C11H15IN4O2Se. The van der Waals surface area contributed by atoms with Crippen LogP contribution in [0.3, 0.4) is 0 Å². The van der Waals surface area contributed by atoms with Crippen LogP contribution in [-0.2, 0) is 0 Å². The van der Waals surface area contributed by atoms with Gasteiger partial charge in [0.1, 0.15) is 0 Å². The van der Waals surface area contributed by atoms with Gasteiger partial charge >= 0.3 is 128 Å². The summed E-state index contributed by atoms with van der Waals surface area (Å²) in [6, 6.07) is 1.80. The topological polar surface area (TPSA) is 79.9 Å². The van der Waals surface area contributed by atoms with Crippen molar-refractivity contribution in [3.63, 3.8) is 0 Å². The minimum atomic E-state index is -2.30. The Bertz CT molecular complexity index is 660. The van der Waals surface area contributed by atoms with E-state index >= 15 is 0 Å². The molecule has 1 aliphatic rings. The molecule has 2 rings (SSSR count). The van der Waals surface area contributed by atoms with E-state index < -0.39 is 13.3 Å². The Labute approximate surface area is 127 Å². The van der Waals surface area contributed by atoms with Gasteiger partial charge in [0, 0.05) is 0 Å². The Morgan fingerprint density at radius 1 is 1.42 bits per heavy atom. The van der Waals surface area contributed by atoms with Crippen LogP contribution in [0.1, 0.15) is 13.3 Å². The fourth-order valence-corrected chi connectivity index (χ4v) is 5.31. The molecule has 1 heterocycles. The number of hydrogen-bond donors (Lipinski definition) is 1. The summed E-state index contributed by atoms with van der Waals surface area (Å²) in [5.41, 5.74) is 0.947. The van der Waals surface area contributed by atoms with Gasteiger partial charge in [0.25, 0.3) is 0 Å². The molecule has 0 bridgehead atoms. The third kappa shape index (κ3) is 2.90. The number of rotatable bonds is 4. The predicted molar refractivity (Wildman–Crippen MR) is 84.4 cm³/mol. The van der Waals surface area contributed by atoms with E-state index in [4.69, 9.17) is 0 Å². The molecule has 1 aromatic rings. The van der Waals surface area contributed by atoms with Crippen LogP contribution in [0.15, 0.2) is 14.1 Å². The minimum absolute atomic E-state index is 0.0872. The first-order chi connectivity index (χ1) is 8.85. The zero-order chi connectivity index (χ0) is 14.2. The van der Waals surface area contributed by atoms with Gasteiger partial charge in [-0.25, -0.2) is 0 Å². The molecule has 1 N–H and O–H groups in total.